The summed E-state index contributed by atoms with van der Waals surface area (Å²) in [6.07, 6.45) is 4.80. The molecule has 1 amide bonds. The van der Waals surface area contributed by atoms with Gasteiger partial charge in [0.2, 0.25) is 15.9 Å². The molecule has 1 heterocycles. The highest BCUT2D eigenvalue weighted by atomic mass is 32.2. The molecule has 0 atom stereocenters. The molecule has 4 rings (SSSR count). The zero-order valence-electron chi connectivity index (χ0n) is 17.6. The van der Waals surface area contributed by atoms with Crippen LogP contribution in [0.1, 0.15) is 44.1 Å². The van der Waals surface area contributed by atoms with E-state index in [2.05, 4.69) is 5.32 Å². The molecule has 0 bridgehead atoms. The molecular weight excluding hydrogens is 415 g/mol. The summed E-state index contributed by atoms with van der Waals surface area (Å²) >= 11 is 0. The molecule has 2 aliphatic rings. The van der Waals surface area contributed by atoms with Gasteiger partial charge in [0, 0.05) is 19.6 Å². The maximum absolute atomic E-state index is 13.8. The first-order valence-electron chi connectivity index (χ1n) is 11.0. The number of carbonyl (C=O) groups is 1. The molecule has 5 nitrogen and oxygen atoms in total. The molecule has 2 aromatic carbocycles. The van der Waals surface area contributed by atoms with Crippen molar-refractivity contribution in [3.05, 3.63) is 66.0 Å². The Bertz CT molecular complexity index is 1010. The van der Waals surface area contributed by atoms with Crippen molar-refractivity contribution in [3.63, 3.8) is 0 Å². The number of rotatable bonds is 6. The fraction of sp³-hybridized carbons (Fsp3) is 0.458. The van der Waals surface area contributed by atoms with Crippen LogP contribution in [0, 0.1) is 11.7 Å². The number of hydrogen-bond donors (Lipinski definition) is 1. The van der Waals surface area contributed by atoms with Crippen LogP contribution < -0.4 is 5.32 Å². The van der Waals surface area contributed by atoms with Crippen molar-refractivity contribution in [2.24, 2.45) is 5.92 Å². The number of carbonyl (C=O) groups excluding carboxylic acids is 1. The van der Waals surface area contributed by atoms with Gasteiger partial charge in [-0.3, -0.25) is 4.79 Å². The molecule has 0 radical (unpaired) electrons. The number of benzene rings is 2. The minimum Gasteiger partial charge on any atom is -0.355 e. The molecule has 0 aromatic heterocycles. The summed E-state index contributed by atoms with van der Waals surface area (Å²) in [7, 11) is -3.47. The first-order chi connectivity index (χ1) is 14.9. The topological polar surface area (TPSA) is 66.5 Å². The summed E-state index contributed by atoms with van der Waals surface area (Å²) in [4.78, 5) is 13.5. The first kappa shape index (κ1) is 22.0. The van der Waals surface area contributed by atoms with E-state index >= 15 is 0 Å². The molecule has 1 aliphatic carbocycles. The highest BCUT2D eigenvalue weighted by molar-refractivity contribution is 7.89. The highest BCUT2D eigenvalue weighted by Gasteiger charge is 2.43. The van der Waals surface area contributed by atoms with Gasteiger partial charge in [0.1, 0.15) is 5.82 Å². The molecule has 1 saturated carbocycles. The van der Waals surface area contributed by atoms with Gasteiger partial charge in [-0.05, 0) is 61.4 Å². The second kappa shape index (κ2) is 9.09. The quantitative estimate of drug-likeness (QED) is 0.736. The van der Waals surface area contributed by atoms with Gasteiger partial charge in [-0.2, -0.15) is 4.31 Å². The Kier molecular flexibility index (Phi) is 6.44. The second-order valence-corrected chi connectivity index (χ2v) is 10.6. The molecule has 1 N–H and O–H groups in total. The van der Waals surface area contributed by atoms with Crippen LogP contribution in [-0.4, -0.2) is 38.3 Å². The van der Waals surface area contributed by atoms with E-state index in [0.717, 1.165) is 31.2 Å². The molecular formula is C24H29FN2O3S. The van der Waals surface area contributed by atoms with Gasteiger partial charge in [-0.1, -0.05) is 43.2 Å². The largest absolute Gasteiger partial charge is 0.355 e. The van der Waals surface area contributed by atoms with Crippen molar-refractivity contribution in [2.75, 3.05) is 19.6 Å². The Morgan fingerprint density at radius 1 is 1.03 bits per heavy atom. The maximum Gasteiger partial charge on any atom is 0.243 e. The van der Waals surface area contributed by atoms with Gasteiger partial charge in [0.05, 0.1) is 10.3 Å². The van der Waals surface area contributed by atoms with Crippen LogP contribution in [0.25, 0.3) is 0 Å². The van der Waals surface area contributed by atoms with Crippen molar-refractivity contribution in [1.29, 1.82) is 0 Å². The Balaban J connectivity index is 1.35. The minimum atomic E-state index is -3.47. The van der Waals surface area contributed by atoms with Gasteiger partial charge in [-0.25, -0.2) is 12.8 Å². The fourth-order valence-corrected chi connectivity index (χ4v) is 6.40. The summed E-state index contributed by atoms with van der Waals surface area (Å²) in [5, 5.41) is 3.11. The molecule has 2 fully saturated rings. The molecule has 166 valence electrons. The van der Waals surface area contributed by atoms with E-state index in [1.54, 1.807) is 36.4 Å². The molecule has 1 aliphatic heterocycles. The standard InChI is InChI=1S/C24H29FN2O3S/c25-21-8-6-7-20(17-21)24(13-4-5-14-24)23(28)26-18-19-11-15-27(16-12-19)31(29,30)22-9-2-1-3-10-22/h1-3,6-10,17,19H,4-5,11-16,18H2,(H,26,28). The summed E-state index contributed by atoms with van der Waals surface area (Å²) in [6.45, 7) is 1.43. The van der Waals surface area contributed by atoms with Crippen molar-refractivity contribution in [2.45, 2.75) is 48.8 Å². The van der Waals surface area contributed by atoms with Crippen molar-refractivity contribution in [3.8, 4) is 0 Å². The van der Waals surface area contributed by atoms with Crippen LogP contribution in [0.4, 0.5) is 4.39 Å². The Morgan fingerprint density at radius 3 is 2.35 bits per heavy atom. The van der Waals surface area contributed by atoms with E-state index in [9.17, 15) is 17.6 Å². The zero-order valence-corrected chi connectivity index (χ0v) is 18.4. The summed E-state index contributed by atoms with van der Waals surface area (Å²) < 4.78 is 40.9. The third-order valence-electron chi connectivity index (χ3n) is 6.77. The van der Waals surface area contributed by atoms with Crippen LogP contribution in [0.3, 0.4) is 0 Å². The minimum absolute atomic E-state index is 0.0325. The monoisotopic (exact) mass is 444 g/mol. The number of amides is 1. The third-order valence-corrected chi connectivity index (χ3v) is 8.69. The smallest absolute Gasteiger partial charge is 0.243 e. The fourth-order valence-electron chi connectivity index (χ4n) is 4.91. The van der Waals surface area contributed by atoms with Crippen molar-refractivity contribution in [1.82, 2.24) is 9.62 Å². The lowest BCUT2D eigenvalue weighted by Gasteiger charge is -2.33. The Morgan fingerprint density at radius 2 is 1.71 bits per heavy atom. The summed E-state index contributed by atoms with van der Waals surface area (Å²) in [5.74, 6) is -0.115. The lowest BCUT2D eigenvalue weighted by Crippen LogP contribution is -2.46. The van der Waals surface area contributed by atoms with Crippen molar-refractivity contribution >= 4 is 15.9 Å². The predicted octanol–water partition coefficient (Wildman–Crippen LogP) is 3.85. The van der Waals surface area contributed by atoms with E-state index in [0.29, 0.717) is 37.4 Å². The van der Waals surface area contributed by atoms with E-state index in [-0.39, 0.29) is 17.6 Å². The normalized spacial score (nSPS) is 19.9. The number of piperidine rings is 1. The number of nitrogens with one attached hydrogen (secondary N) is 1. The van der Waals surface area contributed by atoms with Gasteiger partial charge in [-0.15, -0.1) is 0 Å². The number of sulfonamides is 1. The summed E-state index contributed by atoms with van der Waals surface area (Å²) in [6, 6.07) is 14.9. The SMILES string of the molecule is O=C(NCC1CCN(S(=O)(=O)c2ccccc2)CC1)C1(c2cccc(F)c2)CCCC1. The predicted molar refractivity (Wildman–Crippen MR) is 117 cm³/mol. The Labute approximate surface area is 183 Å². The van der Waals surface area contributed by atoms with Crippen LogP contribution in [0.5, 0.6) is 0 Å². The lowest BCUT2D eigenvalue weighted by molar-refractivity contribution is -0.126. The lowest BCUT2D eigenvalue weighted by atomic mass is 9.77. The first-order valence-corrected chi connectivity index (χ1v) is 12.5. The third kappa shape index (κ3) is 4.53. The Hall–Kier alpha value is -2.25. The summed E-state index contributed by atoms with van der Waals surface area (Å²) in [5.41, 5.74) is 0.102. The average molecular weight is 445 g/mol. The van der Waals surface area contributed by atoms with Crippen LogP contribution in [-0.2, 0) is 20.2 Å². The molecule has 0 unspecified atom stereocenters. The van der Waals surface area contributed by atoms with Crippen LogP contribution >= 0.6 is 0 Å². The molecule has 31 heavy (non-hydrogen) atoms. The van der Waals surface area contributed by atoms with Crippen LogP contribution in [0.15, 0.2) is 59.5 Å². The molecule has 2 aromatic rings. The van der Waals surface area contributed by atoms with E-state index in [4.69, 9.17) is 0 Å². The highest BCUT2D eigenvalue weighted by Crippen LogP contribution is 2.41. The number of hydrogen-bond acceptors (Lipinski definition) is 3. The number of halogens is 1. The zero-order chi connectivity index (χ0) is 21.9. The molecule has 0 spiro atoms. The molecule has 7 heteroatoms. The van der Waals surface area contributed by atoms with E-state index < -0.39 is 15.4 Å². The van der Waals surface area contributed by atoms with E-state index in [1.165, 1.54) is 16.4 Å². The molecule has 1 saturated heterocycles. The van der Waals surface area contributed by atoms with E-state index in [1.807, 2.05) is 6.07 Å². The average Bonchev–Trinajstić information content (AvgIpc) is 3.30. The van der Waals surface area contributed by atoms with Gasteiger partial charge in [0.15, 0.2) is 0 Å². The van der Waals surface area contributed by atoms with Gasteiger partial charge < -0.3 is 5.32 Å². The number of nitrogens with zero attached hydrogens (tertiary/aromatic N) is 1. The second-order valence-electron chi connectivity index (χ2n) is 8.67. The van der Waals surface area contributed by atoms with Crippen molar-refractivity contribution < 1.29 is 17.6 Å². The van der Waals surface area contributed by atoms with Gasteiger partial charge in [0.25, 0.3) is 0 Å². The maximum atomic E-state index is 13.8. The van der Waals surface area contributed by atoms with Gasteiger partial charge >= 0.3 is 0 Å². The van der Waals surface area contributed by atoms with Crippen LogP contribution in [0.2, 0.25) is 0 Å².